The number of fused-ring (bicyclic) bond motifs is 1. The molecule has 0 N–H and O–H groups in total. The lowest BCUT2D eigenvalue weighted by Crippen LogP contribution is -2.33. The number of amides is 2. The average Bonchev–Trinajstić information content (AvgIpc) is 2.99. The van der Waals surface area contributed by atoms with Crippen LogP contribution in [0.25, 0.3) is 0 Å². The summed E-state index contributed by atoms with van der Waals surface area (Å²) in [6.45, 7) is 5.49. The van der Waals surface area contributed by atoms with E-state index < -0.39 is 27.8 Å². The summed E-state index contributed by atoms with van der Waals surface area (Å²) in [4.78, 5) is 38.3. The van der Waals surface area contributed by atoms with E-state index in [-0.39, 0.29) is 23.6 Å². The number of ether oxygens (including phenoxy) is 1. The Morgan fingerprint density at radius 3 is 2.13 bits per heavy atom. The fraction of sp³-hybridized carbons (Fsp3) is 0.318. The van der Waals surface area contributed by atoms with Crippen molar-refractivity contribution < 1.29 is 27.5 Å². The highest BCUT2D eigenvalue weighted by Crippen LogP contribution is 2.23. The largest absolute Gasteiger partial charge is 0.460 e. The van der Waals surface area contributed by atoms with Crippen molar-refractivity contribution in [2.45, 2.75) is 25.7 Å². The van der Waals surface area contributed by atoms with Gasteiger partial charge in [-0.15, -0.1) is 0 Å². The van der Waals surface area contributed by atoms with Crippen molar-refractivity contribution in [1.82, 2.24) is 9.21 Å². The van der Waals surface area contributed by atoms with Crippen LogP contribution in [0.3, 0.4) is 0 Å². The summed E-state index contributed by atoms with van der Waals surface area (Å²) in [7, 11) is -3.74. The van der Waals surface area contributed by atoms with E-state index in [0.717, 1.165) is 4.90 Å². The Morgan fingerprint density at radius 2 is 1.58 bits per heavy atom. The van der Waals surface area contributed by atoms with Crippen molar-refractivity contribution in [2.24, 2.45) is 0 Å². The first-order valence-corrected chi connectivity index (χ1v) is 11.4. The van der Waals surface area contributed by atoms with Crippen molar-refractivity contribution in [3.8, 4) is 0 Å². The predicted octanol–water partition coefficient (Wildman–Crippen LogP) is 2.48. The lowest BCUT2D eigenvalue weighted by atomic mass is 10.1. The minimum atomic E-state index is -3.74. The van der Waals surface area contributed by atoms with Gasteiger partial charge in [-0.2, -0.15) is 4.31 Å². The molecule has 0 bridgehead atoms. The molecule has 0 radical (unpaired) electrons. The number of carbonyl (C=O) groups is 3. The Balaban J connectivity index is 1.70. The molecule has 0 atom stereocenters. The number of rotatable bonds is 8. The molecule has 0 saturated heterocycles. The van der Waals surface area contributed by atoms with E-state index in [2.05, 4.69) is 0 Å². The van der Waals surface area contributed by atoms with E-state index in [1.165, 1.54) is 16.4 Å². The maximum Gasteiger partial charge on any atom is 0.338 e. The third-order valence-electron chi connectivity index (χ3n) is 5.17. The zero-order valence-corrected chi connectivity index (χ0v) is 18.4. The van der Waals surface area contributed by atoms with Crippen LogP contribution in [-0.2, 0) is 14.8 Å². The van der Waals surface area contributed by atoms with E-state index in [0.29, 0.717) is 29.8 Å². The van der Waals surface area contributed by atoms with Crippen LogP contribution >= 0.6 is 0 Å². The van der Waals surface area contributed by atoms with Crippen molar-refractivity contribution in [3.05, 3.63) is 64.7 Å². The lowest BCUT2D eigenvalue weighted by Gasteiger charge is -2.20. The Morgan fingerprint density at radius 1 is 1.00 bits per heavy atom. The molecule has 2 aromatic carbocycles. The first-order chi connectivity index (χ1) is 14.7. The molecule has 1 aliphatic heterocycles. The van der Waals surface area contributed by atoms with Gasteiger partial charge in [0.2, 0.25) is 10.0 Å². The predicted molar refractivity (Wildman–Crippen MR) is 113 cm³/mol. The Bertz CT molecular complexity index is 1100. The number of aryl methyl sites for hydroxylation is 1. The lowest BCUT2D eigenvalue weighted by molar-refractivity contribution is 0.0420. The average molecular weight is 445 g/mol. The van der Waals surface area contributed by atoms with Crippen LogP contribution < -0.4 is 0 Å². The van der Waals surface area contributed by atoms with Gasteiger partial charge >= 0.3 is 5.97 Å². The third-order valence-corrected chi connectivity index (χ3v) is 7.37. The molecular formula is C22H24N2O6S. The number of carbonyl (C=O) groups excluding carboxylic acids is 3. The quantitative estimate of drug-likeness (QED) is 0.458. The number of nitrogens with zero attached hydrogens (tertiary/aromatic N) is 2. The molecular weight excluding hydrogens is 420 g/mol. The molecule has 0 fully saturated rings. The summed E-state index contributed by atoms with van der Waals surface area (Å²) >= 11 is 0. The van der Waals surface area contributed by atoms with E-state index in [1.807, 2.05) is 0 Å². The van der Waals surface area contributed by atoms with Crippen molar-refractivity contribution in [2.75, 3.05) is 26.2 Å². The maximum absolute atomic E-state index is 12.9. The SMILES string of the molecule is CCN(CC)S(=O)(=O)c1cc(C(=O)OCCN2C(=O)c3ccccc3C2=O)ccc1C. The number of sulfonamides is 1. The van der Waals surface area contributed by atoms with E-state index in [1.54, 1.807) is 51.1 Å². The summed E-state index contributed by atoms with van der Waals surface area (Å²) in [5.74, 6) is -1.59. The van der Waals surface area contributed by atoms with Gasteiger partial charge in [-0.05, 0) is 36.8 Å². The normalized spacial score (nSPS) is 13.6. The molecule has 3 rings (SSSR count). The maximum atomic E-state index is 12.9. The van der Waals surface area contributed by atoms with Gasteiger partial charge in [0.15, 0.2) is 0 Å². The van der Waals surface area contributed by atoms with Crippen molar-refractivity contribution in [1.29, 1.82) is 0 Å². The zero-order chi connectivity index (χ0) is 22.8. The second kappa shape index (κ2) is 8.99. The Labute approximate surface area is 181 Å². The van der Waals surface area contributed by atoms with Crippen LogP contribution in [0.15, 0.2) is 47.4 Å². The number of hydrogen-bond acceptors (Lipinski definition) is 6. The molecule has 0 spiro atoms. The minimum Gasteiger partial charge on any atom is -0.460 e. The van der Waals surface area contributed by atoms with E-state index in [4.69, 9.17) is 4.74 Å². The summed E-state index contributed by atoms with van der Waals surface area (Å²) < 4.78 is 32.2. The van der Waals surface area contributed by atoms with Gasteiger partial charge in [0.05, 0.1) is 28.1 Å². The van der Waals surface area contributed by atoms with Gasteiger partial charge < -0.3 is 4.74 Å². The highest BCUT2D eigenvalue weighted by atomic mass is 32.2. The summed E-state index contributed by atoms with van der Waals surface area (Å²) in [5, 5.41) is 0. The van der Waals surface area contributed by atoms with Crippen LogP contribution in [0.4, 0.5) is 0 Å². The molecule has 2 amide bonds. The molecule has 8 nitrogen and oxygen atoms in total. The molecule has 0 aliphatic carbocycles. The second-order valence-corrected chi connectivity index (χ2v) is 8.92. The van der Waals surface area contributed by atoms with Gasteiger partial charge in [-0.3, -0.25) is 14.5 Å². The van der Waals surface area contributed by atoms with Gasteiger partial charge in [0.1, 0.15) is 6.61 Å². The fourth-order valence-corrected chi connectivity index (χ4v) is 5.17. The Hall–Kier alpha value is -3.04. The molecule has 0 unspecified atom stereocenters. The van der Waals surface area contributed by atoms with Crippen LogP contribution in [0.5, 0.6) is 0 Å². The molecule has 164 valence electrons. The molecule has 2 aromatic rings. The molecule has 9 heteroatoms. The summed E-state index contributed by atoms with van der Waals surface area (Å²) in [6, 6.07) is 10.8. The van der Waals surface area contributed by atoms with Gasteiger partial charge in [0, 0.05) is 13.1 Å². The number of hydrogen-bond donors (Lipinski definition) is 0. The number of benzene rings is 2. The summed E-state index contributed by atoms with van der Waals surface area (Å²) in [5.41, 5.74) is 1.25. The first-order valence-electron chi connectivity index (χ1n) is 9.95. The molecule has 0 saturated carbocycles. The smallest absolute Gasteiger partial charge is 0.338 e. The topological polar surface area (TPSA) is 101 Å². The summed E-state index contributed by atoms with van der Waals surface area (Å²) in [6.07, 6.45) is 0. The van der Waals surface area contributed by atoms with Crippen molar-refractivity contribution >= 4 is 27.8 Å². The standard InChI is InChI=1S/C22H24N2O6S/c1-4-23(5-2)31(28,29)19-14-16(11-10-15(19)3)22(27)30-13-12-24-20(25)17-8-6-7-9-18(17)21(24)26/h6-11,14H,4-5,12-13H2,1-3H3. The van der Waals surface area contributed by atoms with E-state index in [9.17, 15) is 22.8 Å². The number of imide groups is 1. The Kier molecular flexibility index (Phi) is 6.56. The number of esters is 1. The van der Waals surface area contributed by atoms with Crippen LogP contribution in [0.2, 0.25) is 0 Å². The van der Waals surface area contributed by atoms with Crippen molar-refractivity contribution in [3.63, 3.8) is 0 Å². The first kappa shape index (κ1) is 22.6. The van der Waals surface area contributed by atoms with Gasteiger partial charge in [-0.1, -0.05) is 32.0 Å². The minimum absolute atomic E-state index is 0.0472. The van der Waals surface area contributed by atoms with Crippen LogP contribution in [0, 0.1) is 6.92 Å². The van der Waals surface area contributed by atoms with Crippen LogP contribution in [0.1, 0.15) is 50.5 Å². The molecule has 31 heavy (non-hydrogen) atoms. The molecule has 1 heterocycles. The van der Waals surface area contributed by atoms with Gasteiger partial charge in [0.25, 0.3) is 11.8 Å². The van der Waals surface area contributed by atoms with E-state index >= 15 is 0 Å². The highest BCUT2D eigenvalue weighted by molar-refractivity contribution is 7.89. The monoisotopic (exact) mass is 444 g/mol. The molecule has 1 aliphatic rings. The highest BCUT2D eigenvalue weighted by Gasteiger charge is 2.35. The van der Waals surface area contributed by atoms with Gasteiger partial charge in [-0.25, -0.2) is 13.2 Å². The van der Waals surface area contributed by atoms with Crippen LogP contribution in [-0.4, -0.2) is 61.6 Å². The second-order valence-electron chi connectivity index (χ2n) is 7.01. The fourth-order valence-electron chi connectivity index (χ4n) is 3.46. The zero-order valence-electron chi connectivity index (χ0n) is 17.6. The third kappa shape index (κ3) is 4.24. The molecule has 0 aromatic heterocycles.